The van der Waals surface area contributed by atoms with Crippen LogP contribution in [0.2, 0.25) is 0 Å². The van der Waals surface area contributed by atoms with Gasteiger partial charge in [-0.05, 0) is 73.2 Å². The van der Waals surface area contributed by atoms with Crippen molar-refractivity contribution in [1.29, 1.82) is 0 Å². The fourth-order valence-electron chi connectivity index (χ4n) is 4.35. The molecule has 0 saturated carbocycles. The molecular formula is C27H32FN3O. The molecule has 4 rings (SSSR count). The molecule has 168 valence electrons. The molecule has 0 unspecified atom stereocenters. The predicted octanol–water partition coefficient (Wildman–Crippen LogP) is 5.41. The van der Waals surface area contributed by atoms with Gasteiger partial charge in [-0.1, -0.05) is 31.4 Å². The second-order valence-electron chi connectivity index (χ2n) is 8.14. The molecule has 0 atom stereocenters. The number of aromatic amines is 1. The van der Waals surface area contributed by atoms with Crippen LogP contribution in [0.3, 0.4) is 0 Å². The highest BCUT2D eigenvalue weighted by molar-refractivity contribution is 5.95. The first-order valence-corrected chi connectivity index (χ1v) is 11.0. The second kappa shape index (κ2) is 10.9. The van der Waals surface area contributed by atoms with Crippen LogP contribution in [-0.4, -0.2) is 36.3 Å². The molecule has 32 heavy (non-hydrogen) atoms. The molecular weight excluding hydrogens is 401 g/mol. The Kier molecular flexibility index (Phi) is 8.01. The number of benzene rings is 2. The van der Waals surface area contributed by atoms with Gasteiger partial charge in [0.05, 0.1) is 0 Å². The number of H-pyrrole nitrogens is 1. The number of halogens is 1. The van der Waals surface area contributed by atoms with Crippen LogP contribution in [0, 0.1) is 11.7 Å². The molecule has 1 aromatic heterocycles. The quantitative estimate of drug-likeness (QED) is 0.490. The summed E-state index contributed by atoms with van der Waals surface area (Å²) in [6.45, 7) is 10.4. The van der Waals surface area contributed by atoms with Gasteiger partial charge in [0.15, 0.2) is 0 Å². The number of carbonyl (C=O) groups is 1. The van der Waals surface area contributed by atoms with Crippen LogP contribution in [0.15, 0.2) is 61.8 Å². The van der Waals surface area contributed by atoms with E-state index in [9.17, 15) is 9.18 Å². The van der Waals surface area contributed by atoms with Crippen molar-refractivity contribution in [2.24, 2.45) is 11.7 Å². The number of nitrogens with one attached hydrogen (secondary N) is 1. The number of rotatable bonds is 7. The number of hydrogen-bond acceptors (Lipinski definition) is 3. The van der Waals surface area contributed by atoms with Crippen LogP contribution in [0.1, 0.15) is 36.0 Å². The maximum atomic E-state index is 13.1. The highest BCUT2D eigenvalue weighted by Gasteiger charge is 2.21. The van der Waals surface area contributed by atoms with Gasteiger partial charge in [0, 0.05) is 47.9 Å². The molecule has 1 aliphatic rings. The van der Waals surface area contributed by atoms with Crippen molar-refractivity contribution in [3.63, 3.8) is 0 Å². The summed E-state index contributed by atoms with van der Waals surface area (Å²) in [5.41, 5.74) is 10.7. The summed E-state index contributed by atoms with van der Waals surface area (Å²) in [6, 6.07) is 13.2. The van der Waals surface area contributed by atoms with Gasteiger partial charge in [0.1, 0.15) is 12.1 Å². The summed E-state index contributed by atoms with van der Waals surface area (Å²) < 4.78 is 13.1. The molecule has 5 heteroatoms. The van der Waals surface area contributed by atoms with Crippen LogP contribution >= 0.6 is 0 Å². The molecule has 2 heterocycles. The standard InChI is InChI=1S/C26H27FN2O.CH5N/c1-18(11-14-30)25-17-28-26-8-5-22(16-24(25)26)19(2)29-12-9-21(10-13-29)15-20-3-6-23(27)7-4-20;1-2/h3-8,14,16-17,21,28H,1-2,9-13,15H2;2H2,1H3. The zero-order chi connectivity index (χ0) is 23.1. The minimum absolute atomic E-state index is 0.179. The zero-order valence-electron chi connectivity index (χ0n) is 18.7. The Morgan fingerprint density at radius 3 is 2.50 bits per heavy atom. The Morgan fingerprint density at radius 1 is 1.16 bits per heavy atom. The minimum Gasteiger partial charge on any atom is -0.372 e. The van der Waals surface area contributed by atoms with Crippen molar-refractivity contribution in [3.8, 4) is 0 Å². The molecule has 2 aromatic carbocycles. The third kappa shape index (κ3) is 5.35. The normalized spacial score (nSPS) is 14.0. The summed E-state index contributed by atoms with van der Waals surface area (Å²) in [5.74, 6) is 0.437. The largest absolute Gasteiger partial charge is 0.372 e. The van der Waals surface area contributed by atoms with Crippen LogP contribution in [0.4, 0.5) is 4.39 Å². The number of allylic oxidation sites excluding steroid dienone is 1. The number of nitrogens with zero attached hydrogens (tertiary/aromatic N) is 1. The van der Waals surface area contributed by atoms with Crippen LogP contribution in [-0.2, 0) is 11.2 Å². The molecule has 1 fully saturated rings. The Labute approximate surface area is 189 Å². The molecule has 1 saturated heterocycles. The second-order valence-corrected chi connectivity index (χ2v) is 8.14. The lowest BCUT2D eigenvalue weighted by Crippen LogP contribution is -2.32. The van der Waals surface area contributed by atoms with Crippen molar-refractivity contribution in [2.45, 2.75) is 25.7 Å². The maximum absolute atomic E-state index is 13.1. The van der Waals surface area contributed by atoms with Crippen molar-refractivity contribution in [2.75, 3.05) is 20.1 Å². The van der Waals surface area contributed by atoms with Crippen molar-refractivity contribution in [1.82, 2.24) is 9.88 Å². The van der Waals surface area contributed by atoms with E-state index in [1.165, 1.54) is 12.6 Å². The van der Waals surface area contributed by atoms with Crippen molar-refractivity contribution >= 4 is 28.5 Å². The fourth-order valence-corrected chi connectivity index (χ4v) is 4.35. The SMILES string of the molecule is C=C(CC=O)c1c[nH]c2ccc(C(=C)N3CCC(Cc4ccc(F)cc4)CC3)cc12.CN. The zero-order valence-corrected chi connectivity index (χ0v) is 18.7. The van der Waals surface area contributed by atoms with E-state index >= 15 is 0 Å². The Hall–Kier alpha value is -3.18. The van der Waals surface area contributed by atoms with E-state index in [1.54, 1.807) is 12.1 Å². The van der Waals surface area contributed by atoms with Gasteiger partial charge in [-0.25, -0.2) is 4.39 Å². The molecule has 3 N–H and O–H groups in total. The average molecular weight is 434 g/mol. The van der Waals surface area contributed by atoms with E-state index in [0.717, 1.165) is 71.9 Å². The number of carbonyl (C=O) groups excluding carboxylic acids is 1. The first-order valence-electron chi connectivity index (χ1n) is 11.0. The third-order valence-corrected chi connectivity index (χ3v) is 6.16. The Bertz CT molecular complexity index is 1080. The van der Waals surface area contributed by atoms with Gasteiger partial charge < -0.3 is 20.4 Å². The first-order chi connectivity index (χ1) is 15.5. The van der Waals surface area contributed by atoms with E-state index in [1.807, 2.05) is 18.3 Å². The Balaban J connectivity index is 0.00000141. The number of piperidine rings is 1. The molecule has 0 radical (unpaired) electrons. The van der Waals surface area contributed by atoms with Gasteiger partial charge in [0.2, 0.25) is 0 Å². The molecule has 0 amide bonds. The monoisotopic (exact) mass is 433 g/mol. The lowest BCUT2D eigenvalue weighted by molar-refractivity contribution is -0.107. The third-order valence-electron chi connectivity index (χ3n) is 6.16. The number of aldehydes is 1. The summed E-state index contributed by atoms with van der Waals surface area (Å²) in [7, 11) is 1.50. The summed E-state index contributed by atoms with van der Waals surface area (Å²) in [4.78, 5) is 16.5. The topological polar surface area (TPSA) is 62.1 Å². The molecule has 4 nitrogen and oxygen atoms in total. The van der Waals surface area contributed by atoms with Crippen LogP contribution in [0.5, 0.6) is 0 Å². The predicted molar refractivity (Wildman–Crippen MR) is 132 cm³/mol. The minimum atomic E-state index is -0.179. The van der Waals surface area contributed by atoms with Gasteiger partial charge in [-0.3, -0.25) is 0 Å². The number of nitrogens with two attached hydrogens (primary N) is 1. The lowest BCUT2D eigenvalue weighted by atomic mass is 9.89. The van der Waals surface area contributed by atoms with Gasteiger partial charge in [-0.15, -0.1) is 0 Å². The van der Waals surface area contributed by atoms with E-state index in [0.29, 0.717) is 12.3 Å². The van der Waals surface area contributed by atoms with Crippen molar-refractivity contribution < 1.29 is 9.18 Å². The van der Waals surface area contributed by atoms with E-state index in [2.05, 4.69) is 47.0 Å². The van der Waals surface area contributed by atoms with Gasteiger partial charge >= 0.3 is 0 Å². The Morgan fingerprint density at radius 2 is 1.84 bits per heavy atom. The summed E-state index contributed by atoms with van der Waals surface area (Å²) in [6.07, 6.45) is 6.34. The number of aromatic nitrogens is 1. The molecule has 3 aromatic rings. The highest BCUT2D eigenvalue weighted by atomic mass is 19.1. The number of likely N-dealkylation sites (tertiary alicyclic amines) is 1. The van der Waals surface area contributed by atoms with Gasteiger partial charge in [0.25, 0.3) is 0 Å². The van der Waals surface area contributed by atoms with E-state index in [-0.39, 0.29) is 5.82 Å². The molecule has 0 aliphatic carbocycles. The summed E-state index contributed by atoms with van der Waals surface area (Å²) in [5, 5.41) is 1.08. The van der Waals surface area contributed by atoms with Crippen LogP contribution < -0.4 is 5.73 Å². The van der Waals surface area contributed by atoms with E-state index < -0.39 is 0 Å². The maximum Gasteiger partial charge on any atom is 0.124 e. The van der Waals surface area contributed by atoms with E-state index in [4.69, 9.17) is 0 Å². The molecule has 1 aliphatic heterocycles. The smallest absolute Gasteiger partial charge is 0.124 e. The average Bonchev–Trinajstić information content (AvgIpc) is 3.25. The molecule has 0 spiro atoms. The van der Waals surface area contributed by atoms with Gasteiger partial charge in [-0.2, -0.15) is 0 Å². The number of hydrogen-bond donors (Lipinski definition) is 2. The lowest BCUT2D eigenvalue weighted by Gasteiger charge is -2.35. The highest BCUT2D eigenvalue weighted by Crippen LogP contribution is 2.31. The fraction of sp³-hybridized carbons (Fsp3) is 0.296. The first kappa shape index (κ1) is 23.5. The molecule has 0 bridgehead atoms. The number of fused-ring (bicyclic) bond motifs is 1. The van der Waals surface area contributed by atoms with Crippen molar-refractivity contribution in [3.05, 3.63) is 84.3 Å². The summed E-state index contributed by atoms with van der Waals surface area (Å²) >= 11 is 0. The van der Waals surface area contributed by atoms with Crippen LogP contribution in [0.25, 0.3) is 22.2 Å².